The van der Waals surface area contributed by atoms with Crippen molar-refractivity contribution in [1.29, 1.82) is 0 Å². The second-order valence-electron chi connectivity index (χ2n) is 6.01. The van der Waals surface area contributed by atoms with E-state index in [1.165, 1.54) is 28.3 Å². The van der Waals surface area contributed by atoms with Gasteiger partial charge in [0.25, 0.3) is 0 Å². The van der Waals surface area contributed by atoms with Crippen molar-refractivity contribution in [2.75, 3.05) is 0 Å². The summed E-state index contributed by atoms with van der Waals surface area (Å²) < 4.78 is 1.29. The van der Waals surface area contributed by atoms with E-state index in [0.717, 1.165) is 28.5 Å². The van der Waals surface area contributed by atoms with Gasteiger partial charge < -0.3 is 5.73 Å². The van der Waals surface area contributed by atoms with E-state index in [9.17, 15) is 4.79 Å². The number of aromatic nitrogens is 5. The molecule has 3 aromatic rings. The SMILES string of the molecule is Cc1nc(-c2nccn2C(N)=O)sc1-c1ccnc(C2CC2C)n1. The van der Waals surface area contributed by atoms with Crippen LogP contribution >= 0.6 is 11.3 Å². The Labute approximate surface area is 142 Å². The first-order valence-electron chi connectivity index (χ1n) is 7.69. The van der Waals surface area contributed by atoms with Crippen LogP contribution in [-0.2, 0) is 0 Å². The van der Waals surface area contributed by atoms with Crippen LogP contribution in [0.5, 0.6) is 0 Å². The molecule has 0 radical (unpaired) electrons. The highest BCUT2D eigenvalue weighted by Gasteiger charge is 2.36. The quantitative estimate of drug-likeness (QED) is 0.790. The average Bonchev–Trinajstić information content (AvgIpc) is 2.98. The van der Waals surface area contributed by atoms with Gasteiger partial charge in [-0.3, -0.25) is 0 Å². The molecular weight excluding hydrogens is 324 g/mol. The van der Waals surface area contributed by atoms with Gasteiger partial charge in [-0.2, -0.15) is 0 Å². The smallest absolute Gasteiger partial charge is 0.324 e. The van der Waals surface area contributed by atoms with Gasteiger partial charge in [0.05, 0.1) is 16.3 Å². The molecule has 0 saturated heterocycles. The van der Waals surface area contributed by atoms with Gasteiger partial charge >= 0.3 is 6.03 Å². The molecule has 0 aliphatic heterocycles. The molecular formula is C16H16N6OS. The number of amides is 1. The van der Waals surface area contributed by atoms with Crippen molar-refractivity contribution in [2.45, 2.75) is 26.2 Å². The summed E-state index contributed by atoms with van der Waals surface area (Å²) in [6.45, 7) is 4.13. The maximum Gasteiger partial charge on any atom is 0.324 e. The van der Waals surface area contributed by atoms with Gasteiger partial charge in [-0.15, -0.1) is 11.3 Å². The fourth-order valence-electron chi connectivity index (χ4n) is 2.73. The Morgan fingerprint density at radius 1 is 1.33 bits per heavy atom. The normalized spacial score (nSPS) is 19.4. The lowest BCUT2D eigenvalue weighted by atomic mass is 10.2. The summed E-state index contributed by atoms with van der Waals surface area (Å²) in [5.74, 6) is 2.47. The minimum absolute atomic E-state index is 0.451. The summed E-state index contributed by atoms with van der Waals surface area (Å²) in [5, 5.41) is 0.645. The number of imidazole rings is 1. The lowest BCUT2D eigenvalue weighted by Gasteiger charge is -2.01. The van der Waals surface area contributed by atoms with E-state index in [-0.39, 0.29) is 0 Å². The van der Waals surface area contributed by atoms with Crippen molar-refractivity contribution < 1.29 is 4.79 Å². The van der Waals surface area contributed by atoms with Crippen molar-refractivity contribution in [3.05, 3.63) is 36.2 Å². The maximum absolute atomic E-state index is 11.5. The lowest BCUT2D eigenvalue weighted by Crippen LogP contribution is -2.19. The summed E-state index contributed by atoms with van der Waals surface area (Å²) in [4.78, 5) is 30.3. The third-order valence-electron chi connectivity index (χ3n) is 4.21. The molecule has 4 rings (SSSR count). The Balaban J connectivity index is 1.74. The first kappa shape index (κ1) is 14.9. The van der Waals surface area contributed by atoms with E-state index >= 15 is 0 Å². The number of rotatable bonds is 3. The van der Waals surface area contributed by atoms with E-state index in [4.69, 9.17) is 10.7 Å². The zero-order valence-corrected chi connectivity index (χ0v) is 14.1. The molecule has 8 heteroatoms. The van der Waals surface area contributed by atoms with Gasteiger partial charge in [0.2, 0.25) is 0 Å². The Kier molecular flexibility index (Phi) is 3.42. The van der Waals surface area contributed by atoms with Crippen LogP contribution in [0.25, 0.3) is 21.4 Å². The maximum atomic E-state index is 11.5. The van der Waals surface area contributed by atoms with Gasteiger partial charge in [-0.25, -0.2) is 29.3 Å². The molecule has 7 nitrogen and oxygen atoms in total. The number of hydrogen-bond acceptors (Lipinski definition) is 6. The van der Waals surface area contributed by atoms with Gasteiger partial charge in [0.1, 0.15) is 5.82 Å². The van der Waals surface area contributed by atoms with Crippen molar-refractivity contribution in [1.82, 2.24) is 24.5 Å². The van der Waals surface area contributed by atoms with Crippen molar-refractivity contribution in [2.24, 2.45) is 11.7 Å². The van der Waals surface area contributed by atoms with E-state index in [1.807, 2.05) is 13.0 Å². The Hall–Kier alpha value is -2.61. The average molecular weight is 340 g/mol. The molecule has 2 unspecified atom stereocenters. The van der Waals surface area contributed by atoms with Crippen LogP contribution in [0.4, 0.5) is 4.79 Å². The predicted octanol–water partition coefficient (Wildman–Crippen LogP) is 2.82. The predicted molar refractivity (Wildman–Crippen MR) is 90.6 cm³/mol. The highest BCUT2D eigenvalue weighted by molar-refractivity contribution is 7.18. The molecule has 2 N–H and O–H groups in total. The number of carbonyl (C=O) groups excluding carboxylic acids is 1. The molecule has 0 spiro atoms. The first-order valence-corrected chi connectivity index (χ1v) is 8.50. The number of carbonyl (C=O) groups is 1. The molecule has 1 aliphatic rings. The summed E-state index contributed by atoms with van der Waals surface area (Å²) in [6, 6.07) is 1.31. The van der Waals surface area contributed by atoms with Crippen LogP contribution in [0.1, 0.15) is 30.8 Å². The van der Waals surface area contributed by atoms with Crippen molar-refractivity contribution >= 4 is 17.4 Å². The van der Waals surface area contributed by atoms with Crippen LogP contribution in [0, 0.1) is 12.8 Å². The number of nitrogens with zero attached hydrogens (tertiary/aromatic N) is 5. The van der Waals surface area contributed by atoms with Gasteiger partial charge in [0, 0.05) is 24.5 Å². The number of thiazole rings is 1. The topological polar surface area (TPSA) is 99.6 Å². The third-order valence-corrected chi connectivity index (χ3v) is 5.39. The third kappa shape index (κ3) is 2.48. The highest BCUT2D eigenvalue weighted by atomic mass is 32.1. The van der Waals surface area contributed by atoms with E-state index in [2.05, 4.69) is 21.9 Å². The summed E-state index contributed by atoms with van der Waals surface area (Å²) in [6.07, 6.45) is 6.01. The molecule has 3 heterocycles. The molecule has 122 valence electrons. The number of aryl methyl sites for hydroxylation is 1. The number of primary amides is 1. The second kappa shape index (κ2) is 5.48. The van der Waals surface area contributed by atoms with Gasteiger partial charge in [0.15, 0.2) is 10.8 Å². The van der Waals surface area contributed by atoms with Crippen molar-refractivity contribution in [3.8, 4) is 21.4 Å². The molecule has 1 aliphatic carbocycles. The molecule has 0 aromatic carbocycles. The van der Waals surface area contributed by atoms with Crippen LogP contribution in [-0.4, -0.2) is 30.5 Å². The monoisotopic (exact) mass is 340 g/mol. The zero-order chi connectivity index (χ0) is 16.8. The van der Waals surface area contributed by atoms with Crippen molar-refractivity contribution in [3.63, 3.8) is 0 Å². The molecule has 3 aromatic heterocycles. The Morgan fingerprint density at radius 2 is 2.12 bits per heavy atom. The fourth-order valence-corrected chi connectivity index (χ4v) is 3.76. The summed E-state index contributed by atoms with van der Waals surface area (Å²) in [5.41, 5.74) is 7.07. The largest absolute Gasteiger partial charge is 0.351 e. The zero-order valence-electron chi connectivity index (χ0n) is 13.3. The molecule has 2 atom stereocenters. The molecule has 1 saturated carbocycles. The highest BCUT2D eigenvalue weighted by Crippen LogP contribution is 2.45. The fraction of sp³-hybridized carbons (Fsp3) is 0.312. The number of hydrogen-bond donors (Lipinski definition) is 1. The molecule has 0 bridgehead atoms. The second-order valence-corrected chi connectivity index (χ2v) is 7.01. The van der Waals surface area contributed by atoms with E-state index in [0.29, 0.717) is 22.7 Å². The molecule has 24 heavy (non-hydrogen) atoms. The molecule has 1 amide bonds. The molecule has 1 fully saturated rings. The Bertz CT molecular complexity index is 930. The van der Waals surface area contributed by atoms with Gasteiger partial charge in [-0.05, 0) is 25.3 Å². The summed E-state index contributed by atoms with van der Waals surface area (Å²) >= 11 is 1.45. The summed E-state index contributed by atoms with van der Waals surface area (Å²) in [7, 11) is 0. The Morgan fingerprint density at radius 3 is 2.83 bits per heavy atom. The van der Waals surface area contributed by atoms with Crippen LogP contribution < -0.4 is 5.73 Å². The minimum Gasteiger partial charge on any atom is -0.351 e. The standard InChI is InChI=1S/C16H16N6OS/c1-8-7-10(8)13-18-4-3-11(21-13)12-9(2)20-15(24-12)14-19-5-6-22(14)16(17)23/h3-6,8,10H,7H2,1-2H3,(H2,17,23). The number of nitrogens with two attached hydrogens (primary N) is 1. The van der Waals surface area contributed by atoms with Gasteiger partial charge in [-0.1, -0.05) is 6.92 Å². The van der Waals surface area contributed by atoms with Crippen LogP contribution in [0.3, 0.4) is 0 Å². The lowest BCUT2D eigenvalue weighted by molar-refractivity contribution is 0.250. The first-order chi connectivity index (χ1) is 11.5. The van der Waals surface area contributed by atoms with E-state index < -0.39 is 6.03 Å². The van der Waals surface area contributed by atoms with E-state index in [1.54, 1.807) is 6.20 Å². The minimum atomic E-state index is -0.580. The van der Waals surface area contributed by atoms with Crippen LogP contribution in [0.2, 0.25) is 0 Å². The van der Waals surface area contributed by atoms with Crippen LogP contribution in [0.15, 0.2) is 24.7 Å².